The monoisotopic (exact) mass is 293 g/mol. The molecule has 0 radical (unpaired) electrons. The van der Waals surface area contributed by atoms with E-state index in [0.29, 0.717) is 5.56 Å². The van der Waals surface area contributed by atoms with Gasteiger partial charge in [0.15, 0.2) is 0 Å². The van der Waals surface area contributed by atoms with Gasteiger partial charge in [-0.1, -0.05) is 26.7 Å². The predicted octanol–water partition coefficient (Wildman–Crippen LogP) is 4.33. The fraction of sp³-hybridized carbons (Fsp3) is 0.471. The van der Waals surface area contributed by atoms with E-state index in [4.69, 9.17) is 5.11 Å². The Labute approximate surface area is 126 Å². The Morgan fingerprint density at radius 2 is 1.81 bits per heavy atom. The average molecular weight is 293 g/mol. The highest BCUT2D eigenvalue weighted by Gasteiger charge is 2.08. The van der Waals surface area contributed by atoms with E-state index in [0.717, 1.165) is 50.5 Å². The van der Waals surface area contributed by atoms with E-state index >= 15 is 0 Å². The third-order valence-electron chi connectivity index (χ3n) is 3.25. The first kappa shape index (κ1) is 17.2. The second-order valence-electron chi connectivity index (χ2n) is 5.11. The summed E-state index contributed by atoms with van der Waals surface area (Å²) in [6, 6.07) is 4.71. The van der Waals surface area contributed by atoms with E-state index < -0.39 is 5.97 Å². The molecule has 0 spiro atoms. The van der Waals surface area contributed by atoms with Crippen LogP contribution in [0.2, 0.25) is 0 Å². The SMILES string of the molecule is CCCCN(CCCC)c1cc(F)cc(/C=C/C(=O)O)c1. The van der Waals surface area contributed by atoms with Gasteiger partial charge in [-0.05, 0) is 42.7 Å². The molecule has 0 saturated carbocycles. The van der Waals surface area contributed by atoms with Crippen LogP contribution in [-0.2, 0) is 4.79 Å². The van der Waals surface area contributed by atoms with Crippen LogP contribution in [0.5, 0.6) is 0 Å². The van der Waals surface area contributed by atoms with Crippen molar-refractivity contribution in [3.05, 3.63) is 35.7 Å². The van der Waals surface area contributed by atoms with Gasteiger partial charge in [0.05, 0.1) is 0 Å². The Hall–Kier alpha value is -1.84. The van der Waals surface area contributed by atoms with Crippen LogP contribution in [0, 0.1) is 5.82 Å². The number of anilines is 1. The summed E-state index contributed by atoms with van der Waals surface area (Å²) in [5, 5.41) is 8.66. The number of carboxylic acids is 1. The molecular formula is C17H24FNO2. The number of rotatable bonds is 9. The average Bonchev–Trinajstić information content (AvgIpc) is 2.44. The van der Waals surface area contributed by atoms with E-state index in [2.05, 4.69) is 18.7 Å². The second kappa shape index (κ2) is 9.16. The Bertz CT molecular complexity index is 478. The van der Waals surface area contributed by atoms with Gasteiger partial charge in [-0.2, -0.15) is 0 Å². The maximum absolute atomic E-state index is 13.7. The second-order valence-corrected chi connectivity index (χ2v) is 5.11. The lowest BCUT2D eigenvalue weighted by molar-refractivity contribution is -0.131. The topological polar surface area (TPSA) is 40.5 Å². The Balaban J connectivity index is 2.97. The molecule has 0 bridgehead atoms. The van der Waals surface area contributed by atoms with Gasteiger partial charge in [0.1, 0.15) is 5.82 Å². The maximum Gasteiger partial charge on any atom is 0.328 e. The van der Waals surface area contributed by atoms with Crippen molar-refractivity contribution in [3.63, 3.8) is 0 Å². The summed E-state index contributed by atoms with van der Waals surface area (Å²) in [7, 11) is 0. The molecule has 0 saturated heterocycles. The summed E-state index contributed by atoms with van der Waals surface area (Å²) < 4.78 is 13.7. The quantitative estimate of drug-likeness (QED) is 0.689. The molecule has 0 atom stereocenters. The van der Waals surface area contributed by atoms with Crippen molar-refractivity contribution in [3.8, 4) is 0 Å². The minimum Gasteiger partial charge on any atom is -0.478 e. The van der Waals surface area contributed by atoms with Gasteiger partial charge in [0.2, 0.25) is 0 Å². The summed E-state index contributed by atoms with van der Waals surface area (Å²) in [4.78, 5) is 12.7. The van der Waals surface area contributed by atoms with Gasteiger partial charge < -0.3 is 10.0 Å². The van der Waals surface area contributed by atoms with Crippen LogP contribution in [-0.4, -0.2) is 24.2 Å². The molecule has 0 unspecified atom stereocenters. The van der Waals surface area contributed by atoms with Crippen LogP contribution in [0.1, 0.15) is 45.1 Å². The number of unbranched alkanes of at least 4 members (excludes halogenated alkanes) is 2. The number of halogens is 1. The Morgan fingerprint density at radius 3 is 2.33 bits per heavy atom. The van der Waals surface area contributed by atoms with Gasteiger partial charge >= 0.3 is 5.97 Å². The van der Waals surface area contributed by atoms with E-state index in [1.54, 1.807) is 0 Å². The minimum absolute atomic E-state index is 0.337. The number of hydrogen-bond donors (Lipinski definition) is 1. The fourth-order valence-electron chi connectivity index (χ4n) is 2.11. The number of benzene rings is 1. The van der Waals surface area contributed by atoms with Crippen molar-refractivity contribution in [1.29, 1.82) is 0 Å². The molecule has 1 rings (SSSR count). The van der Waals surface area contributed by atoms with E-state index in [9.17, 15) is 9.18 Å². The van der Waals surface area contributed by atoms with Crippen LogP contribution in [0.25, 0.3) is 6.08 Å². The van der Waals surface area contributed by atoms with E-state index in [1.165, 1.54) is 18.2 Å². The van der Waals surface area contributed by atoms with Gasteiger partial charge in [0.25, 0.3) is 0 Å². The van der Waals surface area contributed by atoms with Gasteiger partial charge in [-0.25, -0.2) is 9.18 Å². The van der Waals surface area contributed by atoms with E-state index in [1.807, 2.05) is 6.07 Å². The van der Waals surface area contributed by atoms with Crippen LogP contribution in [0.3, 0.4) is 0 Å². The largest absolute Gasteiger partial charge is 0.478 e. The molecule has 3 nitrogen and oxygen atoms in total. The summed E-state index contributed by atoms with van der Waals surface area (Å²) in [6.07, 6.45) is 6.74. The summed E-state index contributed by atoms with van der Waals surface area (Å²) in [5.74, 6) is -1.37. The smallest absolute Gasteiger partial charge is 0.328 e. The van der Waals surface area contributed by atoms with E-state index in [-0.39, 0.29) is 5.82 Å². The third kappa shape index (κ3) is 6.43. The van der Waals surface area contributed by atoms with Gasteiger partial charge in [-0.15, -0.1) is 0 Å². The first-order chi connectivity index (χ1) is 10.1. The van der Waals surface area contributed by atoms with Crippen molar-refractivity contribution < 1.29 is 14.3 Å². The normalized spacial score (nSPS) is 11.0. The lowest BCUT2D eigenvalue weighted by Crippen LogP contribution is -2.25. The molecule has 0 aliphatic carbocycles. The van der Waals surface area contributed by atoms with Crippen LogP contribution >= 0.6 is 0 Å². The molecule has 0 aliphatic heterocycles. The molecule has 116 valence electrons. The molecule has 1 aromatic rings. The number of nitrogens with zero attached hydrogens (tertiary/aromatic N) is 1. The first-order valence-corrected chi connectivity index (χ1v) is 7.53. The highest BCUT2D eigenvalue weighted by molar-refractivity contribution is 5.85. The molecule has 0 amide bonds. The summed E-state index contributed by atoms with van der Waals surface area (Å²) >= 11 is 0. The molecule has 0 heterocycles. The first-order valence-electron chi connectivity index (χ1n) is 7.53. The predicted molar refractivity (Wildman–Crippen MR) is 85.1 cm³/mol. The Kier molecular flexibility index (Phi) is 7.51. The highest BCUT2D eigenvalue weighted by Crippen LogP contribution is 2.21. The zero-order chi connectivity index (χ0) is 15.7. The summed E-state index contributed by atoms with van der Waals surface area (Å²) in [6.45, 7) is 6.04. The molecule has 1 aromatic carbocycles. The maximum atomic E-state index is 13.7. The summed E-state index contributed by atoms with van der Waals surface area (Å²) in [5.41, 5.74) is 1.40. The molecular weight excluding hydrogens is 269 g/mol. The van der Waals surface area contributed by atoms with Crippen LogP contribution in [0.4, 0.5) is 10.1 Å². The molecule has 0 fully saturated rings. The minimum atomic E-state index is -1.03. The molecule has 21 heavy (non-hydrogen) atoms. The number of carbonyl (C=O) groups is 1. The van der Waals surface area contributed by atoms with Crippen molar-refractivity contribution in [2.45, 2.75) is 39.5 Å². The zero-order valence-electron chi connectivity index (χ0n) is 12.8. The molecule has 1 N–H and O–H groups in total. The lowest BCUT2D eigenvalue weighted by atomic mass is 10.1. The van der Waals surface area contributed by atoms with Crippen LogP contribution < -0.4 is 4.90 Å². The highest BCUT2D eigenvalue weighted by atomic mass is 19.1. The lowest BCUT2D eigenvalue weighted by Gasteiger charge is -2.25. The molecule has 0 aromatic heterocycles. The van der Waals surface area contributed by atoms with Crippen molar-refractivity contribution in [1.82, 2.24) is 0 Å². The third-order valence-corrected chi connectivity index (χ3v) is 3.25. The molecule has 0 aliphatic rings. The number of aliphatic carboxylic acids is 1. The number of carboxylic acid groups (broad SMARTS) is 1. The molecule has 4 heteroatoms. The van der Waals surface area contributed by atoms with Gasteiger partial charge in [-0.3, -0.25) is 0 Å². The van der Waals surface area contributed by atoms with Crippen molar-refractivity contribution in [2.75, 3.05) is 18.0 Å². The zero-order valence-corrected chi connectivity index (χ0v) is 12.8. The Morgan fingerprint density at radius 1 is 1.19 bits per heavy atom. The standard InChI is InChI=1S/C17H24FNO2/c1-3-5-9-19(10-6-4-2)16-12-14(7-8-17(20)21)11-15(18)13-16/h7-8,11-13H,3-6,9-10H2,1-2H3,(H,20,21)/b8-7+. The van der Waals surface area contributed by atoms with Crippen molar-refractivity contribution >= 4 is 17.7 Å². The van der Waals surface area contributed by atoms with Crippen LogP contribution in [0.15, 0.2) is 24.3 Å². The number of hydrogen-bond acceptors (Lipinski definition) is 2. The fourth-order valence-corrected chi connectivity index (χ4v) is 2.11. The van der Waals surface area contributed by atoms with Crippen molar-refractivity contribution in [2.24, 2.45) is 0 Å². The van der Waals surface area contributed by atoms with Gasteiger partial charge in [0, 0.05) is 24.9 Å².